The molecule has 23 heavy (non-hydrogen) atoms. The van der Waals surface area contributed by atoms with Gasteiger partial charge in [-0.2, -0.15) is 5.26 Å². The lowest BCUT2D eigenvalue weighted by atomic mass is 10.0. The molecule has 1 saturated heterocycles. The molecule has 6 nitrogen and oxygen atoms in total. The van der Waals surface area contributed by atoms with Crippen LogP contribution in [0.1, 0.15) is 18.5 Å². The number of hydrogen-bond donors (Lipinski definition) is 0. The molecular formula is C16H17ClN6. The van der Waals surface area contributed by atoms with E-state index in [0.717, 1.165) is 31.7 Å². The summed E-state index contributed by atoms with van der Waals surface area (Å²) >= 11 is 5.83. The number of pyridine rings is 1. The van der Waals surface area contributed by atoms with E-state index in [1.807, 2.05) is 19.2 Å². The molecule has 0 radical (unpaired) electrons. The van der Waals surface area contributed by atoms with E-state index in [0.29, 0.717) is 22.7 Å². The number of nitrogens with zero attached hydrogens (tertiary/aromatic N) is 6. The molecule has 3 heterocycles. The fourth-order valence-corrected chi connectivity index (χ4v) is 2.89. The lowest BCUT2D eigenvalue weighted by Gasteiger charge is -2.37. The third kappa shape index (κ3) is 3.51. The smallest absolute Gasteiger partial charge is 0.225 e. The average molecular weight is 329 g/mol. The van der Waals surface area contributed by atoms with Gasteiger partial charge >= 0.3 is 0 Å². The minimum absolute atomic E-state index is 0.381. The van der Waals surface area contributed by atoms with E-state index in [9.17, 15) is 0 Å². The summed E-state index contributed by atoms with van der Waals surface area (Å²) in [5.41, 5.74) is 0.455. The first kappa shape index (κ1) is 15.5. The molecule has 118 valence electrons. The highest BCUT2D eigenvalue weighted by Crippen LogP contribution is 2.23. The number of piperidine rings is 1. The van der Waals surface area contributed by atoms with Crippen LogP contribution in [0.25, 0.3) is 0 Å². The highest BCUT2D eigenvalue weighted by molar-refractivity contribution is 6.30. The first-order valence-corrected chi connectivity index (χ1v) is 7.87. The number of halogens is 1. The molecule has 1 aliphatic rings. The Labute approximate surface area is 140 Å². The summed E-state index contributed by atoms with van der Waals surface area (Å²) in [6.45, 7) is 1.79. The summed E-state index contributed by atoms with van der Waals surface area (Å²) in [4.78, 5) is 17.2. The zero-order valence-corrected chi connectivity index (χ0v) is 13.6. The van der Waals surface area contributed by atoms with Crippen LogP contribution in [-0.4, -0.2) is 41.1 Å². The van der Waals surface area contributed by atoms with Crippen molar-refractivity contribution >= 4 is 23.4 Å². The molecule has 1 aliphatic heterocycles. The lowest BCUT2D eigenvalue weighted by Crippen LogP contribution is -2.44. The van der Waals surface area contributed by atoms with Gasteiger partial charge in [-0.25, -0.2) is 15.0 Å². The molecule has 3 rings (SSSR count). The van der Waals surface area contributed by atoms with Crippen LogP contribution in [0.2, 0.25) is 5.02 Å². The predicted octanol–water partition coefficient (Wildman–Crippen LogP) is 2.50. The topological polar surface area (TPSA) is 68.9 Å². The molecule has 0 amide bonds. The summed E-state index contributed by atoms with van der Waals surface area (Å²) < 4.78 is 0. The van der Waals surface area contributed by atoms with Crippen LogP contribution >= 0.6 is 11.6 Å². The molecule has 0 spiro atoms. The number of aromatic nitrogens is 3. The van der Waals surface area contributed by atoms with Crippen molar-refractivity contribution in [1.82, 2.24) is 15.0 Å². The average Bonchev–Trinajstić information content (AvgIpc) is 2.62. The van der Waals surface area contributed by atoms with Gasteiger partial charge in [-0.3, -0.25) is 0 Å². The van der Waals surface area contributed by atoms with E-state index in [-0.39, 0.29) is 0 Å². The van der Waals surface area contributed by atoms with E-state index in [1.165, 1.54) is 0 Å². The van der Waals surface area contributed by atoms with Crippen molar-refractivity contribution in [2.24, 2.45) is 0 Å². The van der Waals surface area contributed by atoms with Gasteiger partial charge in [0.1, 0.15) is 17.6 Å². The van der Waals surface area contributed by atoms with Gasteiger partial charge in [0.2, 0.25) is 5.95 Å². The zero-order valence-electron chi connectivity index (χ0n) is 12.9. The Morgan fingerprint density at radius 2 is 1.96 bits per heavy atom. The molecule has 0 atom stereocenters. The summed E-state index contributed by atoms with van der Waals surface area (Å²) in [5, 5.41) is 9.50. The highest BCUT2D eigenvalue weighted by atomic mass is 35.5. The predicted molar refractivity (Wildman–Crippen MR) is 89.6 cm³/mol. The fraction of sp³-hybridized carbons (Fsp3) is 0.375. The Morgan fingerprint density at radius 1 is 1.26 bits per heavy atom. The normalized spacial score (nSPS) is 15.3. The number of anilines is 2. The maximum absolute atomic E-state index is 8.96. The standard InChI is InChI=1S/C16H17ClN6/c1-22(16-19-10-12(17)11-20-16)14-5-7-23(8-6-14)15-4-2-3-13(9-18)21-15/h2-4,10-11,14H,5-8H2,1H3. The minimum atomic E-state index is 0.381. The third-order valence-corrected chi connectivity index (χ3v) is 4.30. The molecule has 0 bridgehead atoms. The largest absolute Gasteiger partial charge is 0.356 e. The molecule has 0 saturated carbocycles. The van der Waals surface area contributed by atoms with Gasteiger partial charge in [0, 0.05) is 26.2 Å². The van der Waals surface area contributed by atoms with Crippen LogP contribution in [0.3, 0.4) is 0 Å². The number of rotatable bonds is 3. The van der Waals surface area contributed by atoms with E-state index in [1.54, 1.807) is 18.5 Å². The molecule has 7 heteroatoms. The fourth-order valence-electron chi connectivity index (χ4n) is 2.79. The molecule has 1 fully saturated rings. The summed E-state index contributed by atoms with van der Waals surface area (Å²) in [5.74, 6) is 1.56. The second-order valence-corrected chi connectivity index (χ2v) is 5.96. The van der Waals surface area contributed by atoms with Crippen molar-refractivity contribution in [3.05, 3.63) is 41.3 Å². The van der Waals surface area contributed by atoms with Crippen molar-refractivity contribution in [3.63, 3.8) is 0 Å². The molecule has 0 N–H and O–H groups in total. The van der Waals surface area contributed by atoms with Crippen molar-refractivity contribution in [3.8, 4) is 6.07 Å². The van der Waals surface area contributed by atoms with Gasteiger partial charge in [0.15, 0.2) is 0 Å². The Hall–Kier alpha value is -2.39. The van der Waals surface area contributed by atoms with Crippen LogP contribution in [0, 0.1) is 11.3 Å². The van der Waals surface area contributed by atoms with E-state index < -0.39 is 0 Å². The Kier molecular flexibility index (Phi) is 4.58. The number of nitriles is 1. The maximum atomic E-state index is 8.96. The van der Waals surface area contributed by atoms with Crippen molar-refractivity contribution < 1.29 is 0 Å². The minimum Gasteiger partial charge on any atom is -0.356 e. The quantitative estimate of drug-likeness (QED) is 0.862. The van der Waals surface area contributed by atoms with Crippen LogP contribution in [0.15, 0.2) is 30.6 Å². The van der Waals surface area contributed by atoms with E-state index in [4.69, 9.17) is 16.9 Å². The zero-order chi connectivity index (χ0) is 16.2. The van der Waals surface area contributed by atoms with Gasteiger partial charge in [0.05, 0.1) is 17.4 Å². The van der Waals surface area contributed by atoms with Crippen molar-refractivity contribution in [2.75, 3.05) is 29.9 Å². The van der Waals surface area contributed by atoms with Crippen molar-refractivity contribution in [1.29, 1.82) is 5.26 Å². The second kappa shape index (κ2) is 6.80. The molecule has 2 aromatic rings. The summed E-state index contributed by atoms with van der Waals surface area (Å²) in [6, 6.07) is 8.02. The van der Waals surface area contributed by atoms with Gasteiger partial charge < -0.3 is 9.80 Å². The molecule has 0 aliphatic carbocycles. The second-order valence-electron chi connectivity index (χ2n) is 5.52. The molecular weight excluding hydrogens is 312 g/mol. The Bertz CT molecular complexity index is 703. The SMILES string of the molecule is CN(c1ncc(Cl)cn1)C1CCN(c2cccc(C#N)n2)CC1. The van der Waals surface area contributed by atoms with Gasteiger partial charge in [0.25, 0.3) is 0 Å². The highest BCUT2D eigenvalue weighted by Gasteiger charge is 2.24. The van der Waals surface area contributed by atoms with Crippen molar-refractivity contribution in [2.45, 2.75) is 18.9 Å². The Morgan fingerprint density at radius 3 is 2.61 bits per heavy atom. The van der Waals surface area contributed by atoms with Crippen LogP contribution in [0.5, 0.6) is 0 Å². The molecule has 0 aromatic carbocycles. The first-order chi connectivity index (χ1) is 11.2. The molecule has 0 unspecified atom stereocenters. The monoisotopic (exact) mass is 328 g/mol. The van der Waals surface area contributed by atoms with Gasteiger partial charge in [-0.15, -0.1) is 0 Å². The van der Waals surface area contributed by atoms with Gasteiger partial charge in [-0.05, 0) is 25.0 Å². The maximum Gasteiger partial charge on any atom is 0.225 e. The third-order valence-electron chi connectivity index (χ3n) is 4.11. The first-order valence-electron chi connectivity index (χ1n) is 7.50. The van der Waals surface area contributed by atoms with E-state index >= 15 is 0 Å². The lowest BCUT2D eigenvalue weighted by molar-refractivity contribution is 0.475. The molecule has 2 aromatic heterocycles. The Balaban J connectivity index is 1.63. The number of hydrogen-bond acceptors (Lipinski definition) is 6. The van der Waals surface area contributed by atoms with E-state index in [2.05, 4.69) is 30.8 Å². The van der Waals surface area contributed by atoms with Gasteiger partial charge in [-0.1, -0.05) is 17.7 Å². The van der Waals surface area contributed by atoms with Crippen LogP contribution in [-0.2, 0) is 0 Å². The summed E-state index contributed by atoms with van der Waals surface area (Å²) in [7, 11) is 2.01. The summed E-state index contributed by atoms with van der Waals surface area (Å²) in [6.07, 6.45) is 5.21. The van der Waals surface area contributed by atoms with Crippen LogP contribution in [0.4, 0.5) is 11.8 Å². The van der Waals surface area contributed by atoms with Crippen LogP contribution < -0.4 is 9.80 Å².